The fourth-order valence-corrected chi connectivity index (χ4v) is 2.25. The molecule has 0 aliphatic heterocycles. The van der Waals surface area contributed by atoms with Gasteiger partial charge in [-0.15, -0.1) is 0 Å². The Morgan fingerprint density at radius 1 is 1.08 bits per heavy atom. The molecule has 0 atom stereocenters. The number of aryl methyl sites for hydroxylation is 1. The minimum absolute atomic E-state index is 0.106. The maximum atomic E-state index is 13.6. The second-order valence-corrected chi connectivity index (χ2v) is 5.43. The van der Waals surface area contributed by atoms with Gasteiger partial charge in [0.15, 0.2) is 11.6 Å². The molecule has 2 amide bonds. The van der Waals surface area contributed by atoms with E-state index >= 15 is 0 Å². The Morgan fingerprint density at radius 2 is 1.81 bits per heavy atom. The standard InChI is InChI=1S/C19H21FN2O4/c1-3-26-15-8-6-14(7-9-15)19(24)22-21-18(23)11-5-13-4-10-17(25-2)16(20)12-13/h4,6-10,12H,3,5,11H2,1-2H3,(H,21,23)(H,22,24). The van der Waals surface area contributed by atoms with E-state index in [4.69, 9.17) is 9.47 Å². The van der Waals surface area contributed by atoms with Crippen LogP contribution in [0.1, 0.15) is 29.3 Å². The number of benzene rings is 2. The van der Waals surface area contributed by atoms with Crippen LogP contribution in [-0.2, 0) is 11.2 Å². The minimum atomic E-state index is -0.478. The van der Waals surface area contributed by atoms with Crippen LogP contribution in [0.4, 0.5) is 4.39 Å². The van der Waals surface area contributed by atoms with Crippen molar-refractivity contribution in [3.05, 3.63) is 59.4 Å². The average Bonchev–Trinajstić information content (AvgIpc) is 2.65. The number of methoxy groups -OCH3 is 1. The first-order valence-electron chi connectivity index (χ1n) is 8.18. The molecule has 2 aromatic rings. The molecule has 0 aromatic heterocycles. The van der Waals surface area contributed by atoms with Crippen LogP contribution in [0.2, 0.25) is 0 Å². The van der Waals surface area contributed by atoms with Crippen LogP contribution in [0.15, 0.2) is 42.5 Å². The fraction of sp³-hybridized carbons (Fsp3) is 0.263. The minimum Gasteiger partial charge on any atom is -0.494 e. The number of carbonyl (C=O) groups is 2. The Morgan fingerprint density at radius 3 is 2.42 bits per heavy atom. The lowest BCUT2D eigenvalue weighted by Gasteiger charge is -2.09. The molecule has 0 fully saturated rings. The highest BCUT2D eigenvalue weighted by Gasteiger charge is 2.09. The molecule has 7 heteroatoms. The summed E-state index contributed by atoms with van der Waals surface area (Å²) in [5.41, 5.74) is 5.74. The van der Waals surface area contributed by atoms with Gasteiger partial charge in [0, 0.05) is 12.0 Å². The summed E-state index contributed by atoms with van der Waals surface area (Å²) in [6.07, 6.45) is 0.445. The van der Waals surface area contributed by atoms with Gasteiger partial charge in [0.1, 0.15) is 5.75 Å². The van der Waals surface area contributed by atoms with E-state index in [0.29, 0.717) is 29.9 Å². The molecule has 0 radical (unpaired) electrons. The smallest absolute Gasteiger partial charge is 0.269 e. The van der Waals surface area contributed by atoms with Gasteiger partial charge in [0.25, 0.3) is 5.91 Å². The average molecular weight is 360 g/mol. The Bertz CT molecular complexity index is 763. The molecule has 0 aliphatic carbocycles. The Labute approximate surface area is 151 Å². The van der Waals surface area contributed by atoms with E-state index in [1.807, 2.05) is 6.92 Å². The van der Waals surface area contributed by atoms with Gasteiger partial charge in [-0.2, -0.15) is 0 Å². The highest BCUT2D eigenvalue weighted by Crippen LogP contribution is 2.18. The van der Waals surface area contributed by atoms with Crippen LogP contribution >= 0.6 is 0 Å². The second kappa shape index (κ2) is 9.41. The summed E-state index contributed by atoms with van der Waals surface area (Å²) in [6, 6.07) is 11.1. The lowest BCUT2D eigenvalue weighted by molar-refractivity contribution is -0.121. The summed E-state index contributed by atoms with van der Waals surface area (Å²) in [5.74, 6) is -0.466. The molecule has 0 heterocycles. The first-order valence-corrected chi connectivity index (χ1v) is 8.18. The molecule has 6 nitrogen and oxygen atoms in total. The van der Waals surface area contributed by atoms with Crippen LogP contribution in [0.25, 0.3) is 0 Å². The van der Waals surface area contributed by atoms with Crippen molar-refractivity contribution >= 4 is 11.8 Å². The Kier molecular flexibility index (Phi) is 6.96. The number of hydrogen-bond acceptors (Lipinski definition) is 4. The second-order valence-electron chi connectivity index (χ2n) is 5.43. The monoisotopic (exact) mass is 360 g/mol. The van der Waals surface area contributed by atoms with Crippen molar-refractivity contribution in [3.63, 3.8) is 0 Å². The predicted molar refractivity (Wildman–Crippen MR) is 94.5 cm³/mol. The first-order chi connectivity index (χ1) is 12.5. The van der Waals surface area contributed by atoms with Gasteiger partial charge in [-0.05, 0) is 55.3 Å². The lowest BCUT2D eigenvalue weighted by atomic mass is 10.1. The molecule has 0 spiro atoms. The van der Waals surface area contributed by atoms with Gasteiger partial charge < -0.3 is 9.47 Å². The first kappa shape index (κ1) is 19.2. The molecular formula is C19H21FN2O4. The third-order valence-corrected chi connectivity index (χ3v) is 3.60. The number of ether oxygens (including phenoxy) is 2. The molecular weight excluding hydrogens is 339 g/mol. The van der Waals surface area contributed by atoms with Crippen molar-refractivity contribution in [1.82, 2.24) is 10.9 Å². The molecule has 0 saturated heterocycles. The molecule has 0 saturated carbocycles. The van der Waals surface area contributed by atoms with Crippen LogP contribution in [0.3, 0.4) is 0 Å². The van der Waals surface area contributed by atoms with E-state index in [9.17, 15) is 14.0 Å². The third kappa shape index (κ3) is 5.47. The summed E-state index contributed by atoms with van der Waals surface area (Å²) in [6.45, 7) is 2.41. The number of rotatable bonds is 7. The van der Waals surface area contributed by atoms with Crippen LogP contribution in [0.5, 0.6) is 11.5 Å². The molecule has 2 N–H and O–H groups in total. The summed E-state index contributed by atoms with van der Waals surface area (Å²) < 4.78 is 23.7. The number of nitrogens with one attached hydrogen (secondary N) is 2. The molecule has 0 bridgehead atoms. The van der Waals surface area contributed by atoms with E-state index < -0.39 is 11.7 Å². The van der Waals surface area contributed by atoms with Gasteiger partial charge in [-0.25, -0.2) is 4.39 Å². The van der Waals surface area contributed by atoms with Crippen molar-refractivity contribution in [1.29, 1.82) is 0 Å². The van der Waals surface area contributed by atoms with Crippen molar-refractivity contribution < 1.29 is 23.5 Å². The quantitative estimate of drug-likeness (QED) is 0.744. The number of hydrazine groups is 1. The van der Waals surface area contributed by atoms with Crippen molar-refractivity contribution in [2.75, 3.05) is 13.7 Å². The van der Waals surface area contributed by atoms with Crippen LogP contribution in [0, 0.1) is 5.82 Å². The number of amides is 2. The van der Waals surface area contributed by atoms with Gasteiger partial charge in [0.2, 0.25) is 5.91 Å². The SMILES string of the molecule is CCOc1ccc(C(=O)NNC(=O)CCc2ccc(OC)c(F)c2)cc1. The van der Waals surface area contributed by atoms with Crippen molar-refractivity contribution in [2.45, 2.75) is 19.8 Å². The largest absolute Gasteiger partial charge is 0.494 e. The molecule has 0 unspecified atom stereocenters. The zero-order valence-corrected chi connectivity index (χ0v) is 14.7. The fourth-order valence-electron chi connectivity index (χ4n) is 2.25. The van der Waals surface area contributed by atoms with Gasteiger partial charge in [0.05, 0.1) is 13.7 Å². The lowest BCUT2D eigenvalue weighted by Crippen LogP contribution is -2.41. The summed E-state index contributed by atoms with van der Waals surface area (Å²) >= 11 is 0. The highest BCUT2D eigenvalue weighted by atomic mass is 19.1. The Balaban J connectivity index is 1.79. The number of carbonyl (C=O) groups excluding carboxylic acids is 2. The predicted octanol–water partition coefficient (Wildman–Crippen LogP) is 2.63. The summed E-state index contributed by atoms with van der Waals surface area (Å²) in [4.78, 5) is 23.8. The van der Waals surface area contributed by atoms with Crippen LogP contribution in [-0.4, -0.2) is 25.5 Å². The van der Waals surface area contributed by atoms with E-state index in [1.54, 1.807) is 30.3 Å². The third-order valence-electron chi connectivity index (χ3n) is 3.60. The van der Waals surface area contributed by atoms with Crippen molar-refractivity contribution in [2.24, 2.45) is 0 Å². The summed E-state index contributed by atoms with van der Waals surface area (Å²) in [7, 11) is 1.39. The van der Waals surface area contributed by atoms with E-state index in [-0.39, 0.29) is 18.1 Å². The van der Waals surface area contributed by atoms with Crippen molar-refractivity contribution in [3.8, 4) is 11.5 Å². The number of halogens is 1. The topological polar surface area (TPSA) is 76.7 Å². The molecule has 0 aliphatic rings. The molecule has 26 heavy (non-hydrogen) atoms. The Hall–Kier alpha value is -3.09. The van der Waals surface area contributed by atoms with E-state index in [2.05, 4.69) is 10.9 Å². The highest BCUT2D eigenvalue weighted by molar-refractivity contribution is 5.95. The van der Waals surface area contributed by atoms with E-state index in [0.717, 1.165) is 0 Å². The molecule has 138 valence electrons. The van der Waals surface area contributed by atoms with E-state index in [1.165, 1.54) is 19.2 Å². The van der Waals surface area contributed by atoms with Gasteiger partial charge >= 0.3 is 0 Å². The summed E-state index contributed by atoms with van der Waals surface area (Å²) in [5, 5.41) is 0. The molecule has 2 rings (SSSR count). The maximum absolute atomic E-state index is 13.6. The van der Waals surface area contributed by atoms with Crippen LogP contribution < -0.4 is 20.3 Å². The maximum Gasteiger partial charge on any atom is 0.269 e. The van der Waals surface area contributed by atoms with Gasteiger partial charge in [-0.1, -0.05) is 6.07 Å². The molecule has 2 aromatic carbocycles. The normalized spacial score (nSPS) is 10.1. The van der Waals surface area contributed by atoms with Gasteiger partial charge in [-0.3, -0.25) is 20.4 Å². The number of hydrogen-bond donors (Lipinski definition) is 2. The zero-order chi connectivity index (χ0) is 18.9. The zero-order valence-electron chi connectivity index (χ0n) is 14.7.